The van der Waals surface area contributed by atoms with Crippen molar-refractivity contribution in [3.63, 3.8) is 0 Å². The lowest BCUT2D eigenvalue weighted by molar-refractivity contribution is -0.0427. The van der Waals surface area contributed by atoms with E-state index in [4.69, 9.17) is 1.37 Å². The Bertz CT molecular complexity index is 674. The van der Waals surface area contributed by atoms with Crippen LogP contribution >= 0.6 is 0 Å². The summed E-state index contributed by atoms with van der Waals surface area (Å²) in [6.45, 7) is 12.0. The van der Waals surface area contributed by atoms with Crippen molar-refractivity contribution >= 4 is 0 Å². The molecule has 1 heteroatoms. The second-order valence-electron chi connectivity index (χ2n) is 11.8. The SMILES string of the molecule is [2H][C@H]1C=C2C3CCC([C@H](C)CCCC(C)C)[C@@]3(C)CCC2[C@@]2(C)CC[C@H](O)C[C@]12[2H]. The van der Waals surface area contributed by atoms with Gasteiger partial charge in [0, 0.05) is 2.74 Å². The summed E-state index contributed by atoms with van der Waals surface area (Å²) < 4.78 is 18.2. The molecular weight excluding hydrogens is 340 g/mol. The van der Waals surface area contributed by atoms with Crippen molar-refractivity contribution in [1.82, 2.24) is 0 Å². The summed E-state index contributed by atoms with van der Waals surface area (Å²) >= 11 is 0. The molecule has 0 bridgehead atoms. The Balaban J connectivity index is 1.58. The number of rotatable bonds is 5. The fourth-order valence-corrected chi connectivity index (χ4v) is 8.01. The highest BCUT2D eigenvalue weighted by Gasteiger charge is 2.58. The van der Waals surface area contributed by atoms with Crippen molar-refractivity contribution in [3.05, 3.63) is 11.6 Å². The smallest absolute Gasteiger partial charge is 0.0543 e. The summed E-state index contributed by atoms with van der Waals surface area (Å²) in [5, 5.41) is 10.3. The Morgan fingerprint density at radius 2 is 1.79 bits per heavy atom. The Morgan fingerprint density at radius 3 is 2.54 bits per heavy atom. The summed E-state index contributed by atoms with van der Waals surface area (Å²) in [5.41, 5.74) is 1.79. The minimum atomic E-state index is -0.825. The van der Waals surface area contributed by atoms with E-state index in [2.05, 4.69) is 40.7 Å². The van der Waals surface area contributed by atoms with Gasteiger partial charge in [-0.05, 0) is 97.7 Å². The average Bonchev–Trinajstić information content (AvgIpc) is 3.01. The first-order valence-corrected chi connectivity index (χ1v) is 12.3. The molecule has 28 heavy (non-hydrogen) atoms. The van der Waals surface area contributed by atoms with Crippen molar-refractivity contribution in [2.75, 3.05) is 0 Å². The molecular formula is C27H46O. The standard InChI is InChI=1S/C27H46O/c1-18(2)7-6-8-19(3)23-11-12-24-22-10-9-20-17-21(28)13-15-26(20,4)25(22)14-16-27(23,24)5/h10,18-21,23-25,28H,6-9,11-17H2,1-5H3/t19-,20+,21+,23?,24?,25?,26+,27-/m1/s1/i9D,20D/t9-,19+,20-,21-,23?,24?,25?,26-,27+/m0. The highest BCUT2D eigenvalue weighted by molar-refractivity contribution is 5.27. The van der Waals surface area contributed by atoms with Crippen LogP contribution in [0.2, 0.25) is 0 Å². The van der Waals surface area contributed by atoms with Gasteiger partial charge in [0.25, 0.3) is 0 Å². The maximum absolute atomic E-state index is 10.3. The highest BCUT2D eigenvalue weighted by Crippen LogP contribution is 2.66. The molecule has 0 aromatic rings. The highest BCUT2D eigenvalue weighted by atomic mass is 16.3. The van der Waals surface area contributed by atoms with Crippen LogP contribution in [0.1, 0.15) is 108 Å². The van der Waals surface area contributed by atoms with E-state index in [-0.39, 0.29) is 5.41 Å². The summed E-state index contributed by atoms with van der Waals surface area (Å²) in [4.78, 5) is 0. The molecule has 4 aliphatic carbocycles. The fourth-order valence-electron chi connectivity index (χ4n) is 8.01. The van der Waals surface area contributed by atoms with Gasteiger partial charge in [-0.2, -0.15) is 0 Å². The van der Waals surface area contributed by atoms with E-state index in [9.17, 15) is 6.48 Å². The zero-order valence-electron chi connectivity index (χ0n) is 21.1. The second-order valence-corrected chi connectivity index (χ2v) is 11.8. The van der Waals surface area contributed by atoms with Gasteiger partial charge in [0.15, 0.2) is 0 Å². The molecule has 4 rings (SSSR count). The van der Waals surface area contributed by atoms with Crippen LogP contribution in [-0.2, 0) is 0 Å². The molecule has 0 aromatic heterocycles. The van der Waals surface area contributed by atoms with Gasteiger partial charge >= 0.3 is 0 Å². The molecule has 1 nitrogen and oxygen atoms in total. The molecule has 3 saturated carbocycles. The predicted octanol–water partition coefficient (Wildman–Crippen LogP) is 7.39. The number of hydrogen-bond donors (Lipinski definition) is 1. The van der Waals surface area contributed by atoms with Gasteiger partial charge in [-0.25, -0.2) is 0 Å². The number of aliphatic hydroxyl groups excluding tert-OH is 1. The Kier molecular flexibility index (Phi) is 5.11. The number of allylic oxidation sites excluding steroid dienone is 2. The third-order valence-corrected chi connectivity index (χ3v) is 9.75. The van der Waals surface area contributed by atoms with Gasteiger partial charge in [0.05, 0.1) is 6.10 Å². The van der Waals surface area contributed by atoms with Gasteiger partial charge in [-0.3, -0.25) is 0 Å². The minimum Gasteiger partial charge on any atom is -0.393 e. The molecule has 1 N–H and O–H groups in total. The number of aliphatic hydroxyl groups is 1. The third-order valence-electron chi connectivity index (χ3n) is 9.75. The zero-order valence-corrected chi connectivity index (χ0v) is 19.1. The Hall–Kier alpha value is -0.300. The van der Waals surface area contributed by atoms with Crippen LogP contribution in [0.3, 0.4) is 0 Å². The monoisotopic (exact) mass is 388 g/mol. The number of fused-ring (bicyclic) bond motifs is 5. The summed E-state index contributed by atoms with van der Waals surface area (Å²) in [7, 11) is 0. The second kappa shape index (κ2) is 7.75. The lowest BCUT2D eigenvalue weighted by atomic mass is 9.47. The molecule has 3 fully saturated rings. The molecule has 0 radical (unpaired) electrons. The average molecular weight is 389 g/mol. The van der Waals surface area contributed by atoms with Crippen molar-refractivity contribution in [2.45, 2.75) is 111 Å². The van der Waals surface area contributed by atoms with E-state index in [1.54, 1.807) is 5.57 Å². The summed E-state index contributed by atoms with van der Waals surface area (Å²) in [6, 6.07) is 0. The first kappa shape index (κ1) is 18.5. The Morgan fingerprint density at radius 1 is 1.07 bits per heavy atom. The van der Waals surface area contributed by atoms with E-state index in [0.717, 1.165) is 30.6 Å². The lowest BCUT2D eigenvalue weighted by Gasteiger charge is -2.57. The minimum absolute atomic E-state index is 0.148. The lowest BCUT2D eigenvalue weighted by Crippen LogP contribution is -2.49. The fraction of sp³-hybridized carbons (Fsp3) is 0.926. The maximum Gasteiger partial charge on any atom is 0.0543 e. The van der Waals surface area contributed by atoms with Crippen LogP contribution in [-0.4, -0.2) is 11.2 Å². The van der Waals surface area contributed by atoms with Crippen LogP contribution in [0.15, 0.2) is 11.6 Å². The summed E-state index contributed by atoms with van der Waals surface area (Å²) in [6.07, 6.45) is 12.7. The van der Waals surface area contributed by atoms with Crippen LogP contribution in [0.4, 0.5) is 0 Å². The molecule has 9 atom stereocenters. The van der Waals surface area contributed by atoms with Crippen molar-refractivity contribution in [2.24, 2.45) is 46.3 Å². The zero-order chi connectivity index (χ0) is 21.9. The molecule has 0 heterocycles. The van der Waals surface area contributed by atoms with E-state index >= 15 is 0 Å². The number of hydrogen-bond acceptors (Lipinski definition) is 1. The van der Waals surface area contributed by atoms with Crippen molar-refractivity contribution in [1.29, 1.82) is 0 Å². The molecule has 0 aliphatic heterocycles. The van der Waals surface area contributed by atoms with Gasteiger partial charge in [-0.15, -0.1) is 0 Å². The van der Waals surface area contributed by atoms with Gasteiger partial charge in [0.1, 0.15) is 0 Å². The van der Waals surface area contributed by atoms with Gasteiger partial charge in [0.2, 0.25) is 0 Å². The topological polar surface area (TPSA) is 20.2 Å². The summed E-state index contributed by atoms with van der Waals surface area (Å²) in [5.74, 6) is 2.66. The predicted molar refractivity (Wildman–Crippen MR) is 119 cm³/mol. The molecule has 4 aliphatic rings. The normalized spacial score (nSPS) is 52.8. The molecule has 0 aromatic carbocycles. The van der Waals surface area contributed by atoms with E-state index in [1.165, 1.54) is 44.9 Å². The molecule has 0 spiro atoms. The van der Waals surface area contributed by atoms with Crippen LogP contribution in [0.5, 0.6) is 0 Å². The van der Waals surface area contributed by atoms with E-state index in [1.807, 2.05) is 0 Å². The van der Waals surface area contributed by atoms with Crippen LogP contribution in [0.25, 0.3) is 0 Å². The first-order valence-electron chi connectivity index (χ1n) is 13.4. The molecule has 160 valence electrons. The Labute approximate surface area is 177 Å². The van der Waals surface area contributed by atoms with Crippen LogP contribution < -0.4 is 0 Å². The van der Waals surface area contributed by atoms with E-state index in [0.29, 0.717) is 23.7 Å². The molecule has 0 amide bonds. The van der Waals surface area contributed by atoms with E-state index < -0.39 is 18.4 Å². The quantitative estimate of drug-likeness (QED) is 0.487. The first-order chi connectivity index (χ1) is 14.0. The third kappa shape index (κ3) is 3.42. The van der Waals surface area contributed by atoms with Gasteiger partial charge in [-0.1, -0.05) is 65.5 Å². The van der Waals surface area contributed by atoms with Gasteiger partial charge < -0.3 is 5.11 Å². The molecule has 3 unspecified atom stereocenters. The van der Waals surface area contributed by atoms with Crippen molar-refractivity contribution in [3.8, 4) is 0 Å². The largest absolute Gasteiger partial charge is 0.393 e. The van der Waals surface area contributed by atoms with Crippen LogP contribution in [0, 0.1) is 46.3 Å². The molecule has 0 saturated heterocycles. The van der Waals surface area contributed by atoms with Crippen molar-refractivity contribution < 1.29 is 7.85 Å². The maximum atomic E-state index is 10.3.